The number of fused-ring (bicyclic) bond motifs is 7. The lowest BCUT2D eigenvalue weighted by Gasteiger charge is -2.10. The average Bonchev–Trinajstić information content (AvgIpc) is 3.50. The fourth-order valence-corrected chi connectivity index (χ4v) is 5.95. The van der Waals surface area contributed by atoms with Crippen LogP contribution in [0.15, 0.2) is 126 Å². The third kappa shape index (κ3) is 2.83. The maximum absolute atomic E-state index is 6.34. The summed E-state index contributed by atoms with van der Waals surface area (Å²) in [4.78, 5) is 0. The number of furan rings is 1. The summed E-state index contributed by atoms with van der Waals surface area (Å²) in [7, 11) is 0. The number of benzene rings is 6. The van der Waals surface area contributed by atoms with Gasteiger partial charge in [0.25, 0.3) is 0 Å². The maximum Gasteiger partial charge on any atom is 0.143 e. The largest absolute Gasteiger partial charge is 0.455 e. The van der Waals surface area contributed by atoms with E-state index >= 15 is 0 Å². The summed E-state index contributed by atoms with van der Waals surface area (Å²) < 4.78 is 6.34. The predicted molar refractivity (Wildman–Crippen MR) is 150 cm³/mol. The van der Waals surface area contributed by atoms with E-state index in [-0.39, 0.29) is 0 Å². The highest BCUT2D eigenvalue weighted by Crippen LogP contribution is 2.43. The first-order valence-electron chi connectivity index (χ1n) is 12.5. The fraction of sp³-hybridized carbons (Fsp3) is 0.0286. The number of hydrogen-bond donors (Lipinski definition) is 0. The Bertz CT molecular complexity index is 1970. The molecule has 6 aromatic carbocycles. The Morgan fingerprint density at radius 1 is 0.444 bits per heavy atom. The Morgan fingerprint density at radius 2 is 1.06 bits per heavy atom. The maximum atomic E-state index is 6.34. The molecule has 8 rings (SSSR count). The van der Waals surface area contributed by atoms with E-state index in [0.29, 0.717) is 0 Å². The quantitative estimate of drug-likeness (QED) is 0.251. The molecule has 1 heterocycles. The molecule has 1 nitrogen and oxygen atoms in total. The molecule has 168 valence electrons. The molecule has 1 heteroatoms. The second-order valence-electron chi connectivity index (χ2n) is 9.73. The lowest BCUT2D eigenvalue weighted by molar-refractivity contribution is 0.670. The molecular formula is C35H22O. The van der Waals surface area contributed by atoms with Gasteiger partial charge >= 0.3 is 0 Å². The second-order valence-corrected chi connectivity index (χ2v) is 9.73. The van der Waals surface area contributed by atoms with Crippen molar-refractivity contribution in [2.24, 2.45) is 0 Å². The molecule has 0 atom stereocenters. The number of hydrogen-bond acceptors (Lipinski definition) is 1. The van der Waals surface area contributed by atoms with Crippen LogP contribution in [0.1, 0.15) is 11.1 Å². The lowest BCUT2D eigenvalue weighted by Crippen LogP contribution is -1.85. The average molecular weight is 459 g/mol. The van der Waals surface area contributed by atoms with Crippen molar-refractivity contribution in [1.82, 2.24) is 0 Å². The van der Waals surface area contributed by atoms with Crippen LogP contribution in [-0.2, 0) is 6.42 Å². The van der Waals surface area contributed by atoms with Crippen molar-refractivity contribution in [3.63, 3.8) is 0 Å². The normalized spacial score (nSPS) is 12.3. The van der Waals surface area contributed by atoms with E-state index in [4.69, 9.17) is 4.42 Å². The van der Waals surface area contributed by atoms with Gasteiger partial charge in [-0.1, -0.05) is 103 Å². The molecular weight excluding hydrogens is 436 g/mol. The van der Waals surface area contributed by atoms with E-state index < -0.39 is 0 Å². The van der Waals surface area contributed by atoms with Gasteiger partial charge in [-0.05, 0) is 74.3 Å². The van der Waals surface area contributed by atoms with Gasteiger partial charge in [0.2, 0.25) is 0 Å². The summed E-state index contributed by atoms with van der Waals surface area (Å²) in [5.74, 6) is 0. The van der Waals surface area contributed by atoms with Gasteiger partial charge in [0.15, 0.2) is 0 Å². The molecule has 7 aromatic rings. The Balaban J connectivity index is 1.30. The summed E-state index contributed by atoms with van der Waals surface area (Å²) in [5.41, 5.74) is 12.2. The van der Waals surface area contributed by atoms with Crippen LogP contribution >= 0.6 is 0 Å². The molecule has 0 amide bonds. The Labute approximate surface area is 209 Å². The zero-order valence-corrected chi connectivity index (χ0v) is 19.7. The molecule has 0 spiro atoms. The molecule has 36 heavy (non-hydrogen) atoms. The molecule has 1 aliphatic carbocycles. The molecule has 0 saturated carbocycles. The number of rotatable bonds is 2. The lowest BCUT2D eigenvalue weighted by atomic mass is 9.94. The van der Waals surface area contributed by atoms with Crippen molar-refractivity contribution in [1.29, 1.82) is 0 Å². The van der Waals surface area contributed by atoms with Crippen LogP contribution in [-0.4, -0.2) is 0 Å². The molecule has 0 radical (unpaired) electrons. The molecule has 1 aromatic heterocycles. The van der Waals surface area contributed by atoms with Gasteiger partial charge in [-0.3, -0.25) is 0 Å². The first-order chi connectivity index (χ1) is 17.8. The van der Waals surface area contributed by atoms with Gasteiger partial charge in [-0.2, -0.15) is 0 Å². The van der Waals surface area contributed by atoms with E-state index in [2.05, 4.69) is 109 Å². The highest BCUT2D eigenvalue weighted by atomic mass is 16.3. The summed E-state index contributed by atoms with van der Waals surface area (Å²) in [6.45, 7) is 0. The third-order valence-corrected chi connectivity index (χ3v) is 7.71. The van der Waals surface area contributed by atoms with Gasteiger partial charge in [-0.25, -0.2) is 0 Å². The molecule has 0 bridgehead atoms. The van der Waals surface area contributed by atoms with Gasteiger partial charge in [0, 0.05) is 16.3 Å². The van der Waals surface area contributed by atoms with E-state index in [1.807, 2.05) is 12.1 Å². The van der Waals surface area contributed by atoms with Crippen LogP contribution in [0.5, 0.6) is 0 Å². The van der Waals surface area contributed by atoms with Gasteiger partial charge in [0.05, 0.1) is 0 Å². The molecule has 0 saturated heterocycles. The van der Waals surface area contributed by atoms with Crippen LogP contribution < -0.4 is 0 Å². The van der Waals surface area contributed by atoms with Crippen LogP contribution in [0.3, 0.4) is 0 Å². The van der Waals surface area contributed by atoms with Crippen LogP contribution in [0, 0.1) is 0 Å². The van der Waals surface area contributed by atoms with Crippen LogP contribution in [0.25, 0.3) is 66.1 Å². The molecule has 0 aliphatic heterocycles. The summed E-state index contributed by atoms with van der Waals surface area (Å²) in [6, 6.07) is 43.9. The van der Waals surface area contributed by atoms with Gasteiger partial charge in [0.1, 0.15) is 11.2 Å². The van der Waals surface area contributed by atoms with Crippen molar-refractivity contribution in [2.75, 3.05) is 0 Å². The van der Waals surface area contributed by atoms with Crippen molar-refractivity contribution in [3.05, 3.63) is 132 Å². The van der Waals surface area contributed by atoms with Crippen LogP contribution in [0.2, 0.25) is 0 Å². The molecule has 0 unspecified atom stereocenters. The van der Waals surface area contributed by atoms with Crippen molar-refractivity contribution < 1.29 is 4.42 Å². The van der Waals surface area contributed by atoms with E-state index in [1.165, 1.54) is 60.5 Å². The zero-order chi connectivity index (χ0) is 23.6. The predicted octanol–water partition coefficient (Wildman–Crippen LogP) is 9.64. The Hall–Kier alpha value is -4.62. The minimum Gasteiger partial charge on any atom is -0.455 e. The van der Waals surface area contributed by atoms with E-state index in [9.17, 15) is 0 Å². The van der Waals surface area contributed by atoms with E-state index in [0.717, 1.165) is 23.2 Å². The second kappa shape index (κ2) is 7.44. The molecule has 1 aliphatic rings. The van der Waals surface area contributed by atoms with Crippen molar-refractivity contribution in [2.45, 2.75) is 6.42 Å². The minimum absolute atomic E-state index is 0.936. The minimum atomic E-state index is 0.936. The fourth-order valence-electron chi connectivity index (χ4n) is 5.95. The standard InChI is InChI=1S/C35H22O/c1-2-9-27-22(7-1)8-5-11-28(27)25-17-15-23-19-24-16-18-26(21-33(24)32(23)20-25)29-12-6-13-31-30-10-3-4-14-34(30)36-35(29)31/h1-18,20-21H,19H2. The van der Waals surface area contributed by atoms with Gasteiger partial charge < -0.3 is 4.42 Å². The van der Waals surface area contributed by atoms with E-state index in [1.54, 1.807) is 0 Å². The molecule has 0 N–H and O–H groups in total. The highest BCUT2D eigenvalue weighted by Gasteiger charge is 2.21. The first kappa shape index (κ1) is 19.7. The summed E-state index contributed by atoms with van der Waals surface area (Å²) in [5, 5.41) is 4.91. The Kier molecular flexibility index (Phi) is 4.06. The topological polar surface area (TPSA) is 13.1 Å². The third-order valence-electron chi connectivity index (χ3n) is 7.71. The highest BCUT2D eigenvalue weighted by molar-refractivity contribution is 6.09. The SMILES string of the molecule is c1ccc2c(-c3ccc4c(c3)-c3cc(-c5cccc6c5oc5ccccc56)ccc3C4)cccc2c1. The first-order valence-corrected chi connectivity index (χ1v) is 12.5. The monoisotopic (exact) mass is 458 g/mol. The Morgan fingerprint density at radius 3 is 1.89 bits per heavy atom. The summed E-state index contributed by atoms with van der Waals surface area (Å²) >= 11 is 0. The smallest absolute Gasteiger partial charge is 0.143 e. The summed E-state index contributed by atoms with van der Waals surface area (Å²) in [6.07, 6.45) is 0.982. The van der Waals surface area contributed by atoms with Crippen molar-refractivity contribution in [3.8, 4) is 33.4 Å². The number of para-hydroxylation sites is 2. The molecule has 0 fully saturated rings. The van der Waals surface area contributed by atoms with Crippen LogP contribution in [0.4, 0.5) is 0 Å². The van der Waals surface area contributed by atoms with Gasteiger partial charge in [-0.15, -0.1) is 0 Å². The zero-order valence-electron chi connectivity index (χ0n) is 19.7. The van der Waals surface area contributed by atoms with Crippen molar-refractivity contribution >= 4 is 32.7 Å².